The predicted molar refractivity (Wildman–Crippen MR) is 111 cm³/mol. The number of amides is 1. The number of carbonyl (C=O) groups excluding carboxylic acids is 1. The van der Waals surface area contributed by atoms with Gasteiger partial charge in [0.05, 0.1) is 11.7 Å². The number of unbranched alkanes of at least 4 members (excludes halogenated alkanes) is 6. The van der Waals surface area contributed by atoms with Crippen molar-refractivity contribution in [2.75, 3.05) is 19.3 Å². The fraction of sp³-hybridized carbons (Fsp3) is 0.857. The molecule has 0 heterocycles. The van der Waals surface area contributed by atoms with E-state index in [0.717, 1.165) is 38.5 Å². The summed E-state index contributed by atoms with van der Waals surface area (Å²) in [5.74, 6) is -0.537. The van der Waals surface area contributed by atoms with Crippen LogP contribution in [0.25, 0.3) is 0 Å². The number of nitrogens with zero attached hydrogens (tertiary/aromatic N) is 1. The topological polar surface area (TPSA) is 74.7 Å². The van der Waals surface area contributed by atoms with Crippen molar-refractivity contribution in [1.29, 1.82) is 0 Å². The molecule has 1 saturated carbocycles. The van der Waals surface area contributed by atoms with E-state index >= 15 is 0 Å². The van der Waals surface area contributed by atoms with E-state index in [0.29, 0.717) is 0 Å². The second-order valence-electron chi connectivity index (χ2n) is 7.89. The largest absolute Gasteiger partial charge is 0.344 e. The van der Waals surface area contributed by atoms with Crippen LogP contribution in [0.4, 0.5) is 0 Å². The van der Waals surface area contributed by atoms with Crippen molar-refractivity contribution >= 4 is 16.0 Å². The van der Waals surface area contributed by atoms with E-state index in [4.69, 9.17) is 4.55 Å². The molecular weight excluding hydrogens is 362 g/mol. The Balaban J connectivity index is 2.63. The van der Waals surface area contributed by atoms with Crippen LogP contribution in [0.1, 0.15) is 90.4 Å². The fourth-order valence-electron chi connectivity index (χ4n) is 3.76. The van der Waals surface area contributed by atoms with Gasteiger partial charge in [0.2, 0.25) is 5.91 Å². The molecular formula is C21H39NO4S. The Morgan fingerprint density at radius 1 is 1.11 bits per heavy atom. The van der Waals surface area contributed by atoms with Gasteiger partial charge in [-0.15, -0.1) is 0 Å². The highest BCUT2D eigenvalue weighted by molar-refractivity contribution is 7.85. The first-order chi connectivity index (χ1) is 12.8. The van der Waals surface area contributed by atoms with E-state index in [1.54, 1.807) is 7.05 Å². The van der Waals surface area contributed by atoms with E-state index in [2.05, 4.69) is 13.0 Å². The van der Waals surface area contributed by atoms with Gasteiger partial charge in [-0.25, -0.2) is 0 Å². The predicted octanol–water partition coefficient (Wildman–Crippen LogP) is 4.98. The summed E-state index contributed by atoms with van der Waals surface area (Å²) in [6.07, 6.45) is 17.3. The molecule has 5 nitrogen and oxygen atoms in total. The van der Waals surface area contributed by atoms with Crippen LogP contribution in [0, 0.1) is 5.92 Å². The van der Waals surface area contributed by atoms with Crippen molar-refractivity contribution in [3.63, 3.8) is 0 Å². The summed E-state index contributed by atoms with van der Waals surface area (Å²) in [6.45, 7) is 2.27. The van der Waals surface area contributed by atoms with Gasteiger partial charge < -0.3 is 4.90 Å². The summed E-state index contributed by atoms with van der Waals surface area (Å²) < 4.78 is 30.9. The van der Waals surface area contributed by atoms with Gasteiger partial charge >= 0.3 is 0 Å². The summed E-state index contributed by atoms with van der Waals surface area (Å²) in [5.41, 5.74) is 1.24. The molecule has 1 aliphatic carbocycles. The van der Waals surface area contributed by atoms with Crippen LogP contribution in [-0.2, 0) is 14.9 Å². The first-order valence-electron chi connectivity index (χ1n) is 10.7. The van der Waals surface area contributed by atoms with Gasteiger partial charge in [0.25, 0.3) is 10.1 Å². The molecule has 0 aromatic heterocycles. The number of hydrogen-bond acceptors (Lipinski definition) is 3. The van der Waals surface area contributed by atoms with Crippen molar-refractivity contribution < 1.29 is 17.8 Å². The third-order valence-electron chi connectivity index (χ3n) is 5.48. The van der Waals surface area contributed by atoms with Crippen LogP contribution in [0.15, 0.2) is 11.6 Å². The van der Waals surface area contributed by atoms with Crippen LogP contribution < -0.4 is 0 Å². The third-order valence-corrected chi connectivity index (χ3v) is 6.18. The molecule has 0 aromatic rings. The Labute approximate surface area is 166 Å². The minimum Gasteiger partial charge on any atom is -0.344 e. The number of rotatable bonds is 11. The molecule has 1 rings (SSSR count). The van der Waals surface area contributed by atoms with Gasteiger partial charge in [-0.1, -0.05) is 69.9 Å². The van der Waals surface area contributed by atoms with Crippen molar-refractivity contribution in [3.05, 3.63) is 11.6 Å². The molecule has 6 heteroatoms. The van der Waals surface area contributed by atoms with Crippen molar-refractivity contribution in [1.82, 2.24) is 4.90 Å². The van der Waals surface area contributed by atoms with Crippen LogP contribution in [-0.4, -0.2) is 43.1 Å². The zero-order chi connectivity index (χ0) is 20.1. The Morgan fingerprint density at radius 2 is 1.78 bits per heavy atom. The molecule has 0 bridgehead atoms. The second kappa shape index (κ2) is 13.3. The average molecular weight is 402 g/mol. The highest BCUT2D eigenvalue weighted by Crippen LogP contribution is 2.29. The molecule has 1 N–H and O–H groups in total. The van der Waals surface area contributed by atoms with Crippen LogP contribution in [0.3, 0.4) is 0 Å². The average Bonchev–Trinajstić information content (AvgIpc) is 2.59. The lowest BCUT2D eigenvalue weighted by Gasteiger charge is -2.27. The summed E-state index contributed by atoms with van der Waals surface area (Å²) in [7, 11) is -2.41. The van der Waals surface area contributed by atoms with Crippen molar-refractivity contribution in [2.45, 2.75) is 90.4 Å². The van der Waals surface area contributed by atoms with E-state index < -0.39 is 15.9 Å². The molecule has 158 valence electrons. The van der Waals surface area contributed by atoms with E-state index in [1.165, 1.54) is 55.4 Å². The van der Waals surface area contributed by atoms with Gasteiger partial charge in [-0.2, -0.15) is 8.42 Å². The van der Waals surface area contributed by atoms with E-state index in [9.17, 15) is 13.2 Å². The lowest BCUT2D eigenvalue weighted by molar-refractivity contribution is -0.133. The summed E-state index contributed by atoms with van der Waals surface area (Å²) in [4.78, 5) is 14.4. The van der Waals surface area contributed by atoms with Gasteiger partial charge in [0, 0.05) is 13.6 Å². The highest BCUT2D eigenvalue weighted by atomic mass is 32.2. The smallest absolute Gasteiger partial charge is 0.266 e. The summed E-state index contributed by atoms with van der Waals surface area (Å²) in [5, 5.41) is 0. The molecule has 0 radical (unpaired) electrons. The minimum absolute atomic E-state index is 0.00487. The lowest BCUT2D eigenvalue weighted by atomic mass is 9.84. The molecule has 0 spiro atoms. The van der Waals surface area contributed by atoms with Gasteiger partial charge in [-0.05, 0) is 32.1 Å². The van der Waals surface area contributed by atoms with Gasteiger partial charge in [0.1, 0.15) is 0 Å². The maximum atomic E-state index is 12.9. The lowest BCUT2D eigenvalue weighted by Crippen LogP contribution is -2.37. The second-order valence-corrected chi connectivity index (χ2v) is 9.46. The normalized spacial score (nSPS) is 20.3. The summed E-state index contributed by atoms with van der Waals surface area (Å²) >= 11 is 0. The molecule has 1 atom stereocenters. The van der Waals surface area contributed by atoms with Gasteiger partial charge in [-0.3, -0.25) is 9.35 Å². The molecule has 0 aliphatic heterocycles. The Kier molecular flexibility index (Phi) is 11.9. The number of allylic oxidation sites excluding steroid dienone is 1. The molecule has 0 aromatic carbocycles. The maximum Gasteiger partial charge on any atom is 0.266 e. The first kappa shape index (κ1) is 24.2. The highest BCUT2D eigenvalue weighted by Gasteiger charge is 2.26. The number of carbonyl (C=O) groups is 1. The first-order valence-corrected chi connectivity index (χ1v) is 12.3. The summed E-state index contributed by atoms with van der Waals surface area (Å²) in [6, 6.07) is 0. The fourth-order valence-corrected chi connectivity index (χ4v) is 4.26. The van der Waals surface area contributed by atoms with E-state index in [-0.39, 0.29) is 18.4 Å². The monoisotopic (exact) mass is 401 g/mol. The third kappa shape index (κ3) is 10.9. The van der Waals surface area contributed by atoms with Crippen molar-refractivity contribution in [2.24, 2.45) is 5.92 Å². The Hall–Kier alpha value is -0.880. The maximum absolute atomic E-state index is 12.9. The van der Waals surface area contributed by atoms with Crippen LogP contribution in [0.2, 0.25) is 0 Å². The van der Waals surface area contributed by atoms with Crippen LogP contribution >= 0.6 is 0 Å². The molecule has 1 unspecified atom stereocenters. The quantitative estimate of drug-likeness (QED) is 0.301. The van der Waals surface area contributed by atoms with E-state index in [1.807, 2.05) is 0 Å². The van der Waals surface area contributed by atoms with Crippen molar-refractivity contribution in [3.8, 4) is 0 Å². The molecule has 27 heavy (non-hydrogen) atoms. The Morgan fingerprint density at radius 3 is 2.48 bits per heavy atom. The minimum atomic E-state index is -4.05. The Bertz CT molecular complexity index is 557. The molecule has 1 amide bonds. The SMILES string of the molecule is CCCCCCCC/C=C1/CCCCCCC1C(=O)N(C)CCS(=O)(=O)O. The van der Waals surface area contributed by atoms with Gasteiger partial charge in [0.15, 0.2) is 0 Å². The zero-order valence-corrected chi connectivity index (χ0v) is 18.1. The standard InChI is InChI=1S/C21H39NO4S/c1-3-4-5-6-7-8-11-14-19-15-12-9-10-13-16-20(19)21(23)22(2)17-18-27(24,25)26/h14,20H,3-13,15-18H2,1-2H3,(H,24,25,26)/b19-14-. The molecule has 1 aliphatic rings. The zero-order valence-electron chi connectivity index (χ0n) is 17.3. The number of hydrogen-bond donors (Lipinski definition) is 1. The van der Waals surface area contributed by atoms with Crippen LogP contribution in [0.5, 0.6) is 0 Å². The molecule has 1 fully saturated rings. The molecule has 0 saturated heterocycles.